The summed E-state index contributed by atoms with van der Waals surface area (Å²) in [6, 6.07) is 4.68. The van der Waals surface area contributed by atoms with Crippen LogP contribution in [0.1, 0.15) is 19.8 Å². The number of nitrogens with one attached hydrogen (secondary N) is 2. The van der Waals surface area contributed by atoms with Crippen molar-refractivity contribution in [1.29, 1.82) is 0 Å². The van der Waals surface area contributed by atoms with Crippen LogP contribution in [0.25, 0.3) is 0 Å². The molecule has 25 heavy (non-hydrogen) atoms. The predicted molar refractivity (Wildman–Crippen MR) is 98.9 cm³/mol. The summed E-state index contributed by atoms with van der Waals surface area (Å²) in [6.45, 7) is 2.44. The first-order valence-corrected chi connectivity index (χ1v) is 9.31. The molecule has 8 nitrogen and oxygen atoms in total. The van der Waals surface area contributed by atoms with E-state index in [9.17, 15) is 13.2 Å². The maximum absolute atomic E-state index is 12.4. The van der Waals surface area contributed by atoms with E-state index in [1.54, 1.807) is 12.1 Å². The Morgan fingerprint density at radius 2 is 2.00 bits per heavy atom. The Kier molecular flexibility index (Phi) is 7.48. The van der Waals surface area contributed by atoms with E-state index in [1.807, 2.05) is 0 Å². The number of halogens is 1. The maximum atomic E-state index is 12.4. The summed E-state index contributed by atoms with van der Waals surface area (Å²) in [5.74, 6) is -0.0375. The van der Waals surface area contributed by atoms with Gasteiger partial charge in [-0.2, -0.15) is 0 Å². The lowest BCUT2D eigenvalue weighted by molar-refractivity contribution is -0.124. The molecule has 2 rings (SSSR count). The molecule has 0 spiro atoms. The number of carbonyl (C=O) groups is 1. The van der Waals surface area contributed by atoms with Crippen LogP contribution in [-0.2, 0) is 19.6 Å². The van der Waals surface area contributed by atoms with E-state index in [4.69, 9.17) is 15.2 Å². The lowest BCUT2D eigenvalue weighted by Crippen LogP contribution is -2.54. The second-order valence-electron chi connectivity index (χ2n) is 5.64. The van der Waals surface area contributed by atoms with Gasteiger partial charge in [-0.3, -0.25) is 9.52 Å². The van der Waals surface area contributed by atoms with Crippen LogP contribution in [0.5, 0.6) is 5.75 Å². The number of rotatable bonds is 6. The lowest BCUT2D eigenvalue weighted by Gasteiger charge is -2.31. The molecule has 0 aliphatic carbocycles. The first-order valence-electron chi connectivity index (χ1n) is 7.66. The Hall–Kier alpha value is -1.55. The summed E-state index contributed by atoms with van der Waals surface area (Å²) >= 11 is 0. The van der Waals surface area contributed by atoms with Crippen LogP contribution in [0.2, 0.25) is 0 Å². The fourth-order valence-corrected chi connectivity index (χ4v) is 2.96. The van der Waals surface area contributed by atoms with Crippen LogP contribution in [0.4, 0.5) is 11.4 Å². The average Bonchev–Trinajstić information content (AvgIpc) is 2.56. The van der Waals surface area contributed by atoms with Crippen molar-refractivity contribution in [3.05, 3.63) is 18.2 Å². The summed E-state index contributed by atoms with van der Waals surface area (Å²) in [7, 11) is -2.00. The van der Waals surface area contributed by atoms with Gasteiger partial charge in [0.15, 0.2) is 0 Å². The van der Waals surface area contributed by atoms with Gasteiger partial charge in [0.2, 0.25) is 15.9 Å². The largest absolute Gasteiger partial charge is 0.494 e. The van der Waals surface area contributed by atoms with Gasteiger partial charge < -0.3 is 20.5 Å². The fraction of sp³-hybridized carbons (Fsp3) is 0.533. The SMILES string of the molecule is CCS(=O)(=O)Nc1ccc(NC(=O)C2(N)CCOCC2)cc1OC.Cl. The smallest absolute Gasteiger partial charge is 0.244 e. The molecule has 0 saturated carbocycles. The first-order chi connectivity index (χ1) is 11.3. The molecule has 0 unspecified atom stereocenters. The number of amides is 1. The molecule has 1 aromatic carbocycles. The molecular formula is C15H24ClN3O5S. The predicted octanol–water partition coefficient (Wildman–Crippen LogP) is 1.32. The zero-order chi connectivity index (χ0) is 17.8. The minimum atomic E-state index is -3.42. The highest BCUT2D eigenvalue weighted by molar-refractivity contribution is 7.92. The highest BCUT2D eigenvalue weighted by Gasteiger charge is 2.36. The van der Waals surface area contributed by atoms with E-state index in [0.29, 0.717) is 43.2 Å². The van der Waals surface area contributed by atoms with E-state index < -0.39 is 15.6 Å². The highest BCUT2D eigenvalue weighted by Crippen LogP contribution is 2.29. The summed E-state index contributed by atoms with van der Waals surface area (Å²) in [6.07, 6.45) is 0.898. The number of hydrogen-bond donors (Lipinski definition) is 3. The van der Waals surface area contributed by atoms with Crippen LogP contribution < -0.4 is 20.5 Å². The Balaban J connectivity index is 0.00000312. The van der Waals surface area contributed by atoms with E-state index >= 15 is 0 Å². The van der Waals surface area contributed by atoms with Crippen LogP contribution in [0, 0.1) is 0 Å². The van der Waals surface area contributed by atoms with Gasteiger partial charge in [0.25, 0.3) is 0 Å². The first kappa shape index (κ1) is 21.5. The number of nitrogens with two attached hydrogens (primary N) is 1. The Labute approximate surface area is 153 Å². The zero-order valence-corrected chi connectivity index (χ0v) is 15.8. The third kappa shape index (κ3) is 5.46. The van der Waals surface area contributed by atoms with Crippen LogP contribution in [0.15, 0.2) is 18.2 Å². The average molecular weight is 394 g/mol. The number of hydrogen-bond acceptors (Lipinski definition) is 6. The van der Waals surface area contributed by atoms with E-state index in [0.717, 1.165) is 0 Å². The molecule has 1 amide bonds. The summed E-state index contributed by atoms with van der Waals surface area (Å²) in [5, 5.41) is 2.75. The minimum Gasteiger partial charge on any atom is -0.494 e. The van der Waals surface area contributed by atoms with E-state index in [-0.39, 0.29) is 24.1 Å². The quantitative estimate of drug-likeness (QED) is 0.670. The third-order valence-electron chi connectivity index (χ3n) is 3.94. The molecule has 1 saturated heterocycles. The maximum Gasteiger partial charge on any atom is 0.244 e. The number of anilines is 2. The Bertz CT molecular complexity index is 705. The van der Waals surface area contributed by atoms with Crippen molar-refractivity contribution in [2.75, 3.05) is 36.1 Å². The van der Waals surface area contributed by atoms with Crippen molar-refractivity contribution in [1.82, 2.24) is 0 Å². The van der Waals surface area contributed by atoms with Crippen LogP contribution >= 0.6 is 12.4 Å². The van der Waals surface area contributed by atoms with Gasteiger partial charge in [-0.15, -0.1) is 12.4 Å². The van der Waals surface area contributed by atoms with Gasteiger partial charge in [-0.1, -0.05) is 0 Å². The normalized spacial score (nSPS) is 16.4. The summed E-state index contributed by atoms with van der Waals surface area (Å²) in [4.78, 5) is 12.4. The molecule has 0 bridgehead atoms. The molecule has 4 N–H and O–H groups in total. The lowest BCUT2D eigenvalue weighted by atomic mass is 9.90. The fourth-order valence-electron chi connectivity index (χ4n) is 2.31. The molecule has 1 fully saturated rings. The molecule has 1 aromatic rings. The number of benzene rings is 1. The number of ether oxygens (including phenoxy) is 2. The second kappa shape index (κ2) is 8.70. The zero-order valence-electron chi connectivity index (χ0n) is 14.2. The van der Waals surface area contributed by atoms with Crippen molar-refractivity contribution in [3.8, 4) is 5.75 Å². The molecule has 0 radical (unpaired) electrons. The summed E-state index contributed by atoms with van der Waals surface area (Å²) < 4.78 is 36.2. The Morgan fingerprint density at radius 3 is 2.56 bits per heavy atom. The van der Waals surface area contributed by atoms with Gasteiger partial charge in [0, 0.05) is 25.0 Å². The summed E-state index contributed by atoms with van der Waals surface area (Å²) in [5.41, 5.74) is 5.96. The number of carbonyl (C=O) groups excluding carboxylic acids is 1. The molecule has 0 aromatic heterocycles. The van der Waals surface area contributed by atoms with Crippen molar-refractivity contribution >= 4 is 39.7 Å². The van der Waals surface area contributed by atoms with Gasteiger partial charge in [0.1, 0.15) is 11.3 Å². The van der Waals surface area contributed by atoms with Crippen molar-refractivity contribution in [2.24, 2.45) is 5.73 Å². The van der Waals surface area contributed by atoms with Crippen LogP contribution in [-0.4, -0.2) is 45.9 Å². The van der Waals surface area contributed by atoms with Gasteiger partial charge in [-0.05, 0) is 31.9 Å². The van der Waals surface area contributed by atoms with Gasteiger partial charge >= 0.3 is 0 Å². The van der Waals surface area contributed by atoms with Crippen molar-refractivity contribution in [3.63, 3.8) is 0 Å². The molecule has 142 valence electrons. The number of sulfonamides is 1. The highest BCUT2D eigenvalue weighted by atomic mass is 35.5. The van der Waals surface area contributed by atoms with Gasteiger partial charge in [-0.25, -0.2) is 8.42 Å². The van der Waals surface area contributed by atoms with E-state index in [2.05, 4.69) is 10.0 Å². The van der Waals surface area contributed by atoms with Gasteiger partial charge in [0.05, 0.1) is 18.6 Å². The number of methoxy groups -OCH3 is 1. The molecule has 1 aliphatic rings. The van der Waals surface area contributed by atoms with Crippen molar-refractivity contribution in [2.45, 2.75) is 25.3 Å². The molecular weight excluding hydrogens is 370 g/mol. The van der Waals surface area contributed by atoms with Crippen LogP contribution in [0.3, 0.4) is 0 Å². The third-order valence-corrected chi connectivity index (χ3v) is 5.23. The van der Waals surface area contributed by atoms with Crippen molar-refractivity contribution < 1.29 is 22.7 Å². The monoisotopic (exact) mass is 393 g/mol. The van der Waals surface area contributed by atoms with E-state index in [1.165, 1.54) is 20.1 Å². The molecule has 1 aliphatic heterocycles. The second-order valence-corrected chi connectivity index (χ2v) is 7.65. The topological polar surface area (TPSA) is 120 Å². The standard InChI is InChI=1S/C15H23N3O5S.ClH/c1-3-24(20,21)18-12-5-4-11(10-13(12)22-2)17-14(19)15(16)6-8-23-9-7-15;/h4-5,10,18H,3,6-9,16H2,1-2H3,(H,17,19);1H. The molecule has 10 heteroatoms. The Morgan fingerprint density at radius 1 is 1.36 bits per heavy atom. The molecule has 1 heterocycles. The molecule has 0 atom stereocenters. The minimum absolute atomic E-state index is 0.